The van der Waals surface area contributed by atoms with Gasteiger partial charge in [0.15, 0.2) is 0 Å². The van der Waals surface area contributed by atoms with E-state index in [4.69, 9.17) is 0 Å². The van der Waals surface area contributed by atoms with Crippen molar-refractivity contribution in [2.45, 2.75) is 31.3 Å². The second kappa shape index (κ2) is 8.82. The van der Waals surface area contributed by atoms with Crippen molar-refractivity contribution in [3.63, 3.8) is 0 Å². The molecule has 1 aliphatic heterocycles. The Hall–Kier alpha value is -3.68. The Kier molecular flexibility index (Phi) is 5.94. The monoisotopic (exact) mass is 437 g/mol. The molecule has 3 aromatic rings. The summed E-state index contributed by atoms with van der Waals surface area (Å²) >= 11 is 0. The fraction of sp³-hybridized carbons (Fsp3) is 0.292. The summed E-state index contributed by atoms with van der Waals surface area (Å²) in [5, 5.41) is 12.9. The maximum atomic E-state index is 13.6. The molecule has 1 fully saturated rings. The van der Waals surface area contributed by atoms with E-state index in [0.29, 0.717) is 30.3 Å². The molecule has 1 aliphatic rings. The van der Waals surface area contributed by atoms with Crippen LogP contribution in [0.4, 0.5) is 4.39 Å². The lowest BCUT2D eigenvalue weighted by atomic mass is 10.0. The van der Waals surface area contributed by atoms with Crippen molar-refractivity contribution < 1.29 is 23.9 Å². The topological polar surface area (TPSA) is 91.6 Å². The SMILES string of the molecule is Cn1c(C(=O)NC(Cc2ccccc2)C(=O)N2CCCC2C(=O)O)cc2cc(F)ccc21. The fourth-order valence-electron chi connectivity index (χ4n) is 4.31. The maximum absolute atomic E-state index is 13.6. The largest absolute Gasteiger partial charge is 0.480 e. The van der Waals surface area contributed by atoms with E-state index in [1.807, 2.05) is 30.3 Å². The Balaban J connectivity index is 1.63. The van der Waals surface area contributed by atoms with E-state index in [0.717, 1.165) is 5.56 Å². The Morgan fingerprint density at radius 1 is 1.16 bits per heavy atom. The average Bonchev–Trinajstić information content (AvgIpc) is 3.38. The summed E-state index contributed by atoms with van der Waals surface area (Å²) in [4.78, 5) is 39.4. The normalized spacial score (nSPS) is 16.8. The minimum absolute atomic E-state index is 0.229. The van der Waals surface area contributed by atoms with E-state index >= 15 is 0 Å². The number of hydrogen-bond donors (Lipinski definition) is 2. The van der Waals surface area contributed by atoms with E-state index in [-0.39, 0.29) is 12.1 Å². The van der Waals surface area contributed by atoms with Gasteiger partial charge in [0.25, 0.3) is 5.91 Å². The second-order valence-corrected chi connectivity index (χ2v) is 8.04. The molecular formula is C24H24FN3O4. The van der Waals surface area contributed by atoms with E-state index in [9.17, 15) is 23.9 Å². The summed E-state index contributed by atoms with van der Waals surface area (Å²) in [5.41, 5.74) is 1.82. The number of carbonyl (C=O) groups is 3. The van der Waals surface area contributed by atoms with Crippen LogP contribution in [-0.4, -0.2) is 51.0 Å². The van der Waals surface area contributed by atoms with Gasteiger partial charge < -0.3 is 19.9 Å². The van der Waals surface area contributed by atoms with Crippen LogP contribution in [0.5, 0.6) is 0 Å². The summed E-state index contributed by atoms with van der Waals surface area (Å²) in [6.07, 6.45) is 1.22. The van der Waals surface area contributed by atoms with Gasteiger partial charge in [-0.3, -0.25) is 9.59 Å². The first-order chi connectivity index (χ1) is 15.3. The third-order valence-electron chi connectivity index (χ3n) is 5.94. The van der Waals surface area contributed by atoms with Crippen molar-refractivity contribution in [3.05, 3.63) is 71.7 Å². The van der Waals surface area contributed by atoms with Gasteiger partial charge in [0.2, 0.25) is 5.91 Å². The van der Waals surface area contributed by atoms with Crippen molar-refractivity contribution in [1.82, 2.24) is 14.8 Å². The van der Waals surface area contributed by atoms with Crippen LogP contribution in [0.15, 0.2) is 54.6 Å². The molecule has 0 radical (unpaired) electrons. The Bertz CT molecular complexity index is 1170. The first-order valence-corrected chi connectivity index (χ1v) is 10.5. The van der Waals surface area contributed by atoms with Gasteiger partial charge in [0.05, 0.1) is 0 Å². The third-order valence-corrected chi connectivity index (χ3v) is 5.94. The second-order valence-electron chi connectivity index (χ2n) is 8.04. The molecule has 2 aromatic carbocycles. The van der Waals surface area contributed by atoms with E-state index in [1.54, 1.807) is 23.7 Å². The van der Waals surface area contributed by atoms with Crippen LogP contribution >= 0.6 is 0 Å². The van der Waals surface area contributed by atoms with Gasteiger partial charge in [-0.1, -0.05) is 30.3 Å². The van der Waals surface area contributed by atoms with Gasteiger partial charge >= 0.3 is 5.97 Å². The van der Waals surface area contributed by atoms with Gasteiger partial charge in [-0.05, 0) is 42.7 Å². The molecular weight excluding hydrogens is 413 g/mol. The highest BCUT2D eigenvalue weighted by Crippen LogP contribution is 2.22. The lowest BCUT2D eigenvalue weighted by Crippen LogP contribution is -2.52. The Morgan fingerprint density at radius 2 is 1.91 bits per heavy atom. The number of fused-ring (bicyclic) bond motifs is 1. The van der Waals surface area contributed by atoms with E-state index in [2.05, 4.69) is 5.32 Å². The smallest absolute Gasteiger partial charge is 0.326 e. The number of aromatic nitrogens is 1. The van der Waals surface area contributed by atoms with Crippen molar-refractivity contribution in [3.8, 4) is 0 Å². The van der Waals surface area contributed by atoms with Crippen LogP contribution < -0.4 is 5.32 Å². The van der Waals surface area contributed by atoms with Gasteiger partial charge in [0.1, 0.15) is 23.6 Å². The lowest BCUT2D eigenvalue weighted by molar-refractivity contribution is -0.148. The zero-order valence-corrected chi connectivity index (χ0v) is 17.6. The first-order valence-electron chi connectivity index (χ1n) is 10.5. The molecule has 1 aromatic heterocycles. The van der Waals surface area contributed by atoms with Crippen LogP contribution in [0.1, 0.15) is 28.9 Å². The number of halogens is 1. The number of amides is 2. The van der Waals surface area contributed by atoms with Gasteiger partial charge in [-0.2, -0.15) is 0 Å². The lowest BCUT2D eigenvalue weighted by Gasteiger charge is -2.27. The number of rotatable bonds is 6. The number of aliphatic carboxylic acids is 1. The standard InChI is InChI=1S/C24H24FN3O4/c1-27-19-10-9-17(25)13-16(19)14-21(27)22(29)26-18(12-15-6-3-2-4-7-15)23(30)28-11-5-8-20(28)24(31)32/h2-4,6-7,9-10,13-14,18,20H,5,8,11-12H2,1H3,(H,26,29)(H,31,32). The molecule has 166 valence electrons. The van der Waals surface area contributed by atoms with E-state index in [1.165, 1.54) is 17.0 Å². The zero-order chi connectivity index (χ0) is 22.8. The first kappa shape index (κ1) is 21.5. The summed E-state index contributed by atoms with van der Waals surface area (Å²) in [6, 6.07) is 13.3. The minimum atomic E-state index is -1.05. The molecule has 2 atom stereocenters. The molecule has 0 aliphatic carbocycles. The highest BCUT2D eigenvalue weighted by molar-refractivity contribution is 6.01. The van der Waals surface area contributed by atoms with Gasteiger partial charge in [0, 0.05) is 30.9 Å². The van der Waals surface area contributed by atoms with Crippen molar-refractivity contribution >= 4 is 28.7 Å². The van der Waals surface area contributed by atoms with Crippen LogP contribution in [0.25, 0.3) is 10.9 Å². The molecule has 0 saturated carbocycles. The number of hydrogen-bond acceptors (Lipinski definition) is 3. The number of likely N-dealkylation sites (tertiary alicyclic amines) is 1. The number of benzene rings is 2. The van der Waals surface area contributed by atoms with Crippen molar-refractivity contribution in [2.24, 2.45) is 7.05 Å². The number of nitrogens with one attached hydrogen (secondary N) is 1. The number of carbonyl (C=O) groups excluding carboxylic acids is 2. The van der Waals surface area contributed by atoms with Gasteiger partial charge in [-0.15, -0.1) is 0 Å². The van der Waals surface area contributed by atoms with Crippen molar-refractivity contribution in [1.29, 1.82) is 0 Å². The number of aryl methyl sites for hydroxylation is 1. The third kappa shape index (κ3) is 4.21. The zero-order valence-electron chi connectivity index (χ0n) is 17.6. The van der Waals surface area contributed by atoms with Crippen LogP contribution in [-0.2, 0) is 23.1 Å². The van der Waals surface area contributed by atoms with Crippen LogP contribution in [0.2, 0.25) is 0 Å². The number of carboxylic acid groups (broad SMARTS) is 1. The molecule has 2 N–H and O–H groups in total. The predicted octanol–water partition coefficient (Wildman–Crippen LogP) is 2.73. The molecule has 32 heavy (non-hydrogen) atoms. The maximum Gasteiger partial charge on any atom is 0.326 e. The molecule has 0 spiro atoms. The van der Waals surface area contributed by atoms with Crippen molar-refractivity contribution in [2.75, 3.05) is 6.54 Å². The highest BCUT2D eigenvalue weighted by Gasteiger charge is 2.38. The summed E-state index contributed by atoms with van der Waals surface area (Å²) in [5.74, 6) is -2.35. The van der Waals surface area contributed by atoms with Gasteiger partial charge in [-0.25, -0.2) is 9.18 Å². The molecule has 2 unspecified atom stereocenters. The molecule has 7 nitrogen and oxygen atoms in total. The Morgan fingerprint density at radius 3 is 2.62 bits per heavy atom. The minimum Gasteiger partial charge on any atom is -0.480 e. The predicted molar refractivity (Wildman–Crippen MR) is 117 cm³/mol. The molecule has 4 rings (SSSR count). The molecule has 1 saturated heterocycles. The molecule has 0 bridgehead atoms. The molecule has 2 amide bonds. The summed E-state index contributed by atoms with van der Waals surface area (Å²) < 4.78 is 15.2. The number of nitrogens with zero attached hydrogens (tertiary/aromatic N) is 2. The quantitative estimate of drug-likeness (QED) is 0.620. The average molecular weight is 437 g/mol. The molecule has 8 heteroatoms. The Labute approximate surface area is 184 Å². The number of carboxylic acids is 1. The fourth-order valence-corrected chi connectivity index (χ4v) is 4.31. The summed E-state index contributed by atoms with van der Waals surface area (Å²) in [6.45, 7) is 0.338. The van der Waals surface area contributed by atoms with Crippen LogP contribution in [0, 0.1) is 5.82 Å². The van der Waals surface area contributed by atoms with E-state index < -0.39 is 35.7 Å². The van der Waals surface area contributed by atoms with Crippen LogP contribution in [0.3, 0.4) is 0 Å². The summed E-state index contributed by atoms with van der Waals surface area (Å²) in [7, 11) is 1.70. The molecule has 2 heterocycles. The highest BCUT2D eigenvalue weighted by atomic mass is 19.1.